The number of nitrogens with one attached hydrogen (secondary N) is 2. The van der Waals surface area contributed by atoms with Crippen molar-refractivity contribution in [2.75, 3.05) is 0 Å². The first-order chi connectivity index (χ1) is 12.7. The number of hydrogen-bond donors (Lipinski definition) is 2. The number of hydrogen-bond acceptors (Lipinski definition) is 2. The zero-order chi connectivity index (χ0) is 17.9. The van der Waals surface area contributed by atoms with Crippen molar-refractivity contribution in [2.24, 2.45) is 0 Å². The van der Waals surface area contributed by atoms with Crippen molar-refractivity contribution in [3.63, 3.8) is 0 Å². The van der Waals surface area contributed by atoms with Crippen LogP contribution in [0.4, 0.5) is 0 Å². The molecule has 1 aliphatic carbocycles. The molecule has 3 atom stereocenters. The Kier molecular flexibility index (Phi) is 5.07. The van der Waals surface area contributed by atoms with Gasteiger partial charge in [0.15, 0.2) is 0 Å². The van der Waals surface area contributed by atoms with Crippen LogP contribution in [0.1, 0.15) is 68.4 Å². The van der Waals surface area contributed by atoms with Crippen molar-refractivity contribution < 1.29 is 0 Å². The topological polar surface area (TPSA) is 40.7 Å². The summed E-state index contributed by atoms with van der Waals surface area (Å²) in [5.74, 6) is 0.592. The Morgan fingerprint density at radius 3 is 2.88 bits per heavy atom. The molecule has 2 N–H and O–H groups in total. The summed E-state index contributed by atoms with van der Waals surface area (Å²) in [4.78, 5) is 0. The molecule has 136 valence electrons. The lowest BCUT2D eigenvalue weighted by molar-refractivity contribution is 0.458. The summed E-state index contributed by atoms with van der Waals surface area (Å²) in [6, 6.07) is 18.5. The smallest absolute Gasteiger partial charge is 0.0656 e. The Morgan fingerprint density at radius 2 is 2.00 bits per heavy atom. The van der Waals surface area contributed by atoms with Crippen molar-refractivity contribution in [3.8, 4) is 0 Å². The summed E-state index contributed by atoms with van der Waals surface area (Å²) in [7, 11) is 0. The molecule has 0 saturated heterocycles. The normalized spacial score (nSPS) is 21.3. The van der Waals surface area contributed by atoms with Gasteiger partial charge in [0.2, 0.25) is 0 Å². The average Bonchev–Trinajstić information content (AvgIpc) is 3.31. The molecular weight excluding hydrogens is 318 g/mol. The molecule has 0 aliphatic heterocycles. The van der Waals surface area contributed by atoms with E-state index in [0.717, 1.165) is 6.42 Å². The average molecular weight is 348 g/mol. The van der Waals surface area contributed by atoms with Gasteiger partial charge < -0.3 is 5.32 Å². The first kappa shape index (κ1) is 17.3. The highest BCUT2D eigenvalue weighted by Gasteiger charge is 2.28. The molecule has 1 aromatic heterocycles. The minimum Gasteiger partial charge on any atom is -0.307 e. The van der Waals surface area contributed by atoms with E-state index < -0.39 is 0 Å². The van der Waals surface area contributed by atoms with E-state index in [1.165, 1.54) is 53.4 Å². The molecule has 1 heterocycles. The number of rotatable bonds is 6. The molecule has 0 bridgehead atoms. The number of nitrogens with zero attached hydrogens (tertiary/aromatic N) is 1. The van der Waals surface area contributed by atoms with Gasteiger partial charge in [-0.25, -0.2) is 0 Å². The van der Waals surface area contributed by atoms with E-state index in [1.807, 2.05) is 0 Å². The van der Waals surface area contributed by atoms with Crippen LogP contribution in [0, 0.1) is 0 Å². The van der Waals surface area contributed by atoms with Gasteiger partial charge in [-0.3, -0.25) is 5.10 Å². The maximum atomic E-state index is 4.58. The zero-order valence-electron chi connectivity index (χ0n) is 15.8. The molecule has 26 heavy (non-hydrogen) atoms. The molecule has 0 spiro atoms. The van der Waals surface area contributed by atoms with Gasteiger partial charge in [-0.1, -0.05) is 55.8 Å². The summed E-state index contributed by atoms with van der Waals surface area (Å²) in [6.45, 7) is 4.51. The van der Waals surface area contributed by atoms with Crippen LogP contribution >= 0.6 is 0 Å². The first-order valence-corrected chi connectivity index (χ1v) is 10.0. The van der Waals surface area contributed by atoms with E-state index >= 15 is 0 Å². The maximum absolute atomic E-state index is 4.58. The van der Waals surface area contributed by atoms with Gasteiger partial charge in [0, 0.05) is 23.7 Å². The van der Waals surface area contributed by atoms with Crippen LogP contribution in [0.3, 0.4) is 0 Å². The Labute approximate surface area is 156 Å². The highest BCUT2D eigenvalue weighted by molar-refractivity contribution is 5.86. The highest BCUT2D eigenvalue weighted by Crippen LogP contribution is 2.35. The molecule has 4 rings (SSSR count). The molecule has 3 aromatic rings. The fraction of sp³-hybridized carbons (Fsp3) is 0.435. The van der Waals surface area contributed by atoms with E-state index in [9.17, 15) is 0 Å². The van der Waals surface area contributed by atoms with Crippen molar-refractivity contribution in [1.29, 1.82) is 0 Å². The summed E-state index contributed by atoms with van der Waals surface area (Å²) in [6.07, 6.45) is 5.91. The minimum absolute atomic E-state index is 0.361. The third kappa shape index (κ3) is 3.54. The minimum atomic E-state index is 0.361. The fourth-order valence-corrected chi connectivity index (χ4v) is 4.46. The number of fused-ring (bicyclic) bond motifs is 1. The predicted octanol–water partition coefficient (Wildman–Crippen LogP) is 5.50. The lowest BCUT2D eigenvalue weighted by Crippen LogP contribution is -2.29. The van der Waals surface area contributed by atoms with Crippen LogP contribution in [-0.2, 0) is 6.42 Å². The van der Waals surface area contributed by atoms with E-state index in [-0.39, 0.29) is 0 Å². The molecule has 3 heteroatoms. The summed E-state index contributed by atoms with van der Waals surface area (Å²) in [5, 5.41) is 14.4. The molecule has 3 nitrogen and oxygen atoms in total. The standard InChI is InChI=1S/C23H29N3/c1-3-7-20-15-23(26-25-20)18-12-13-19(14-18)24-16(2)21-11-6-9-17-8-4-5-10-22(17)21/h4-6,8-11,15-16,18-19,24H,3,7,12-14H2,1-2H3,(H,25,26)/t16-,18?,19?/m1/s1. The lowest BCUT2D eigenvalue weighted by atomic mass is 9.98. The van der Waals surface area contributed by atoms with Gasteiger partial charge >= 0.3 is 0 Å². The number of aryl methyl sites for hydroxylation is 1. The monoisotopic (exact) mass is 347 g/mol. The van der Waals surface area contributed by atoms with E-state index in [4.69, 9.17) is 0 Å². The quantitative estimate of drug-likeness (QED) is 0.618. The van der Waals surface area contributed by atoms with Crippen LogP contribution in [0.25, 0.3) is 10.8 Å². The lowest BCUT2D eigenvalue weighted by Gasteiger charge is -2.21. The molecule has 1 fully saturated rings. The predicted molar refractivity (Wildman–Crippen MR) is 108 cm³/mol. The summed E-state index contributed by atoms with van der Waals surface area (Å²) < 4.78 is 0. The van der Waals surface area contributed by atoms with Crippen molar-refractivity contribution in [1.82, 2.24) is 15.5 Å². The van der Waals surface area contributed by atoms with Crippen LogP contribution in [-0.4, -0.2) is 16.2 Å². The van der Waals surface area contributed by atoms with Crippen molar-refractivity contribution >= 4 is 10.8 Å². The Morgan fingerprint density at radius 1 is 1.15 bits per heavy atom. The Hall–Kier alpha value is -2.13. The number of benzene rings is 2. The molecular formula is C23H29N3. The molecule has 1 saturated carbocycles. The van der Waals surface area contributed by atoms with Gasteiger partial charge in [0.1, 0.15) is 0 Å². The SMILES string of the molecule is CCCc1cc(C2CCC(N[C@H](C)c3cccc4ccccc34)C2)n[nH]1. The van der Waals surface area contributed by atoms with Crippen LogP contribution in [0.5, 0.6) is 0 Å². The fourth-order valence-electron chi connectivity index (χ4n) is 4.46. The second-order valence-electron chi connectivity index (χ2n) is 7.73. The second-order valence-corrected chi connectivity index (χ2v) is 7.73. The Bertz CT molecular complexity index is 861. The van der Waals surface area contributed by atoms with Gasteiger partial charge in [-0.15, -0.1) is 0 Å². The highest BCUT2D eigenvalue weighted by atomic mass is 15.1. The Balaban J connectivity index is 1.43. The first-order valence-electron chi connectivity index (χ1n) is 10.0. The van der Waals surface area contributed by atoms with E-state index in [2.05, 4.69) is 77.9 Å². The second kappa shape index (κ2) is 7.63. The summed E-state index contributed by atoms with van der Waals surface area (Å²) in [5.41, 5.74) is 3.94. The van der Waals surface area contributed by atoms with Crippen LogP contribution in [0.2, 0.25) is 0 Å². The van der Waals surface area contributed by atoms with Crippen LogP contribution < -0.4 is 5.32 Å². The zero-order valence-corrected chi connectivity index (χ0v) is 15.8. The van der Waals surface area contributed by atoms with Gasteiger partial charge in [-0.2, -0.15) is 5.10 Å². The number of H-pyrrole nitrogens is 1. The largest absolute Gasteiger partial charge is 0.307 e. The van der Waals surface area contributed by atoms with Crippen LogP contribution in [0.15, 0.2) is 48.5 Å². The molecule has 2 aromatic carbocycles. The number of aromatic nitrogens is 2. The van der Waals surface area contributed by atoms with E-state index in [0.29, 0.717) is 18.0 Å². The van der Waals surface area contributed by atoms with Gasteiger partial charge in [0.25, 0.3) is 0 Å². The molecule has 0 radical (unpaired) electrons. The third-order valence-electron chi connectivity index (χ3n) is 5.80. The molecule has 1 aliphatic rings. The van der Waals surface area contributed by atoms with E-state index in [1.54, 1.807) is 0 Å². The van der Waals surface area contributed by atoms with Crippen molar-refractivity contribution in [3.05, 3.63) is 65.5 Å². The number of aromatic amines is 1. The maximum Gasteiger partial charge on any atom is 0.0656 e. The van der Waals surface area contributed by atoms with Gasteiger partial charge in [0.05, 0.1) is 5.69 Å². The molecule has 0 amide bonds. The summed E-state index contributed by atoms with van der Waals surface area (Å²) >= 11 is 0. The molecule has 2 unspecified atom stereocenters. The van der Waals surface area contributed by atoms with Crippen molar-refractivity contribution in [2.45, 2.75) is 64.0 Å². The van der Waals surface area contributed by atoms with Gasteiger partial charge in [-0.05, 0) is 55.0 Å². The third-order valence-corrected chi connectivity index (χ3v) is 5.80.